The summed E-state index contributed by atoms with van der Waals surface area (Å²) >= 11 is 6.18. The minimum Gasteiger partial charge on any atom is -0.493 e. The molecule has 31 heavy (non-hydrogen) atoms. The van der Waals surface area contributed by atoms with Crippen molar-refractivity contribution < 1.29 is 9.47 Å². The van der Waals surface area contributed by atoms with Crippen molar-refractivity contribution in [2.75, 3.05) is 20.8 Å². The molecule has 1 atom stereocenters. The van der Waals surface area contributed by atoms with Crippen LogP contribution >= 0.6 is 11.6 Å². The van der Waals surface area contributed by atoms with Gasteiger partial charge >= 0.3 is 0 Å². The molecule has 5 rings (SSSR count). The van der Waals surface area contributed by atoms with E-state index in [1.807, 2.05) is 35.0 Å². The smallest absolute Gasteiger partial charge is 0.161 e. The highest BCUT2D eigenvalue weighted by molar-refractivity contribution is 6.30. The van der Waals surface area contributed by atoms with Gasteiger partial charge in [0.15, 0.2) is 11.5 Å². The van der Waals surface area contributed by atoms with Crippen molar-refractivity contribution in [2.45, 2.75) is 19.1 Å². The van der Waals surface area contributed by atoms with E-state index in [4.69, 9.17) is 21.1 Å². The number of benzene rings is 3. The number of hydrogen-bond donors (Lipinski definition) is 0. The van der Waals surface area contributed by atoms with Crippen LogP contribution in [0.1, 0.15) is 22.7 Å². The molecule has 0 saturated heterocycles. The molecule has 2 heterocycles. The Morgan fingerprint density at radius 2 is 1.74 bits per heavy atom. The van der Waals surface area contributed by atoms with Gasteiger partial charge in [0.25, 0.3) is 0 Å². The third-order valence-electron chi connectivity index (χ3n) is 5.90. The van der Waals surface area contributed by atoms with E-state index in [0.29, 0.717) is 6.67 Å². The first-order valence-corrected chi connectivity index (χ1v) is 10.6. The molecule has 1 aromatic heterocycles. The maximum absolute atomic E-state index is 6.18. The van der Waals surface area contributed by atoms with Gasteiger partial charge in [0, 0.05) is 11.6 Å². The number of methoxy groups -OCH3 is 2. The molecule has 0 spiro atoms. The van der Waals surface area contributed by atoms with Crippen LogP contribution in [0, 0.1) is 0 Å². The molecule has 4 aromatic rings. The van der Waals surface area contributed by atoms with Gasteiger partial charge in [0.1, 0.15) is 5.52 Å². The Labute approximate surface area is 185 Å². The standard InChI is InChI=1S/C24H23ClN4O2/c1-30-22-13-17-11-12-28(15-29-21-6-4-3-5-20(21)26-27-29)24(19(17)14-23(22)31-2)16-7-9-18(25)10-8-16/h3-10,13-14,24H,11-12,15H2,1-2H3. The lowest BCUT2D eigenvalue weighted by Gasteiger charge is -2.38. The summed E-state index contributed by atoms with van der Waals surface area (Å²) in [6.45, 7) is 1.51. The Morgan fingerprint density at radius 1 is 1.00 bits per heavy atom. The first-order chi connectivity index (χ1) is 15.2. The second-order valence-electron chi connectivity index (χ2n) is 7.64. The largest absolute Gasteiger partial charge is 0.493 e. The van der Waals surface area contributed by atoms with E-state index in [9.17, 15) is 0 Å². The summed E-state index contributed by atoms with van der Waals surface area (Å²) < 4.78 is 13.1. The van der Waals surface area contributed by atoms with Crippen LogP contribution in [0.5, 0.6) is 11.5 Å². The molecule has 158 valence electrons. The Morgan fingerprint density at radius 3 is 2.52 bits per heavy atom. The summed E-state index contributed by atoms with van der Waals surface area (Å²) in [4.78, 5) is 2.42. The number of para-hydroxylation sites is 1. The fourth-order valence-electron chi connectivity index (χ4n) is 4.38. The molecular weight excluding hydrogens is 412 g/mol. The molecule has 1 aliphatic heterocycles. The van der Waals surface area contributed by atoms with Crippen LogP contribution in [-0.2, 0) is 13.1 Å². The molecule has 0 radical (unpaired) electrons. The normalized spacial score (nSPS) is 16.3. The number of nitrogens with zero attached hydrogens (tertiary/aromatic N) is 4. The van der Waals surface area contributed by atoms with Crippen LogP contribution in [0.25, 0.3) is 11.0 Å². The topological polar surface area (TPSA) is 52.4 Å². The molecule has 6 nitrogen and oxygen atoms in total. The molecule has 0 fully saturated rings. The zero-order valence-electron chi connectivity index (χ0n) is 17.5. The van der Waals surface area contributed by atoms with Crippen molar-refractivity contribution in [3.63, 3.8) is 0 Å². The molecule has 0 amide bonds. The molecule has 0 saturated carbocycles. The van der Waals surface area contributed by atoms with Crippen LogP contribution in [0.15, 0.2) is 60.7 Å². The minimum atomic E-state index is 0.0313. The molecule has 0 bridgehead atoms. The second kappa shape index (κ2) is 8.21. The van der Waals surface area contributed by atoms with Gasteiger partial charge in [0.05, 0.1) is 32.4 Å². The van der Waals surface area contributed by atoms with Gasteiger partial charge in [0.2, 0.25) is 0 Å². The van der Waals surface area contributed by atoms with Gasteiger partial charge in [-0.1, -0.05) is 41.1 Å². The van der Waals surface area contributed by atoms with E-state index < -0.39 is 0 Å². The summed E-state index contributed by atoms with van der Waals surface area (Å²) in [6.07, 6.45) is 0.909. The summed E-state index contributed by atoms with van der Waals surface area (Å²) in [5, 5.41) is 9.45. The van der Waals surface area contributed by atoms with E-state index in [1.54, 1.807) is 14.2 Å². The van der Waals surface area contributed by atoms with Crippen LogP contribution < -0.4 is 9.47 Å². The molecule has 7 heteroatoms. The Kier molecular flexibility index (Phi) is 5.26. The Hall–Kier alpha value is -3.09. The molecule has 1 aliphatic rings. The second-order valence-corrected chi connectivity index (χ2v) is 8.08. The first kappa shape index (κ1) is 19.8. The third-order valence-corrected chi connectivity index (χ3v) is 6.15. The lowest BCUT2D eigenvalue weighted by atomic mass is 9.88. The van der Waals surface area contributed by atoms with Gasteiger partial charge in [-0.2, -0.15) is 0 Å². The number of halogens is 1. The van der Waals surface area contributed by atoms with Crippen molar-refractivity contribution in [3.8, 4) is 11.5 Å². The maximum atomic E-state index is 6.18. The SMILES string of the molecule is COc1cc2c(cc1OC)C(c1ccc(Cl)cc1)N(Cn1nnc3ccccc31)CC2. The lowest BCUT2D eigenvalue weighted by molar-refractivity contribution is 0.157. The highest BCUT2D eigenvalue weighted by Crippen LogP contribution is 2.41. The van der Waals surface area contributed by atoms with Gasteiger partial charge < -0.3 is 9.47 Å². The number of ether oxygens (including phenoxy) is 2. The molecule has 0 aliphatic carbocycles. The Bertz CT molecular complexity index is 1220. The maximum Gasteiger partial charge on any atom is 0.161 e. The molecule has 0 N–H and O–H groups in total. The van der Waals surface area contributed by atoms with Gasteiger partial charge in [-0.25, -0.2) is 4.68 Å². The van der Waals surface area contributed by atoms with Crippen molar-refractivity contribution in [1.82, 2.24) is 19.9 Å². The van der Waals surface area contributed by atoms with Crippen LogP contribution in [0.4, 0.5) is 0 Å². The van der Waals surface area contributed by atoms with Gasteiger partial charge in [-0.3, -0.25) is 4.90 Å². The van der Waals surface area contributed by atoms with Crippen LogP contribution in [0.3, 0.4) is 0 Å². The van der Waals surface area contributed by atoms with Crippen LogP contribution in [0.2, 0.25) is 5.02 Å². The van der Waals surface area contributed by atoms with E-state index in [-0.39, 0.29) is 6.04 Å². The van der Waals surface area contributed by atoms with Crippen molar-refractivity contribution in [1.29, 1.82) is 0 Å². The Balaban J connectivity index is 1.60. The summed E-state index contributed by atoms with van der Waals surface area (Å²) in [5.41, 5.74) is 5.56. The van der Waals surface area contributed by atoms with E-state index in [0.717, 1.165) is 40.5 Å². The minimum absolute atomic E-state index is 0.0313. The predicted molar refractivity (Wildman–Crippen MR) is 121 cm³/mol. The zero-order chi connectivity index (χ0) is 21.4. The monoisotopic (exact) mass is 434 g/mol. The van der Waals surface area contributed by atoms with E-state index in [1.165, 1.54) is 16.7 Å². The number of hydrogen-bond acceptors (Lipinski definition) is 5. The molecular formula is C24H23ClN4O2. The zero-order valence-corrected chi connectivity index (χ0v) is 18.2. The van der Waals surface area contributed by atoms with Gasteiger partial charge in [-0.15, -0.1) is 5.10 Å². The molecule has 3 aromatic carbocycles. The van der Waals surface area contributed by atoms with Crippen molar-refractivity contribution in [2.24, 2.45) is 0 Å². The number of fused-ring (bicyclic) bond motifs is 2. The predicted octanol–water partition coefficient (Wildman–Crippen LogP) is 4.71. The fraction of sp³-hybridized carbons (Fsp3) is 0.250. The van der Waals surface area contributed by atoms with Gasteiger partial charge in [-0.05, 0) is 59.5 Å². The van der Waals surface area contributed by atoms with Crippen LogP contribution in [-0.4, -0.2) is 40.7 Å². The van der Waals surface area contributed by atoms with Crippen molar-refractivity contribution >= 4 is 22.6 Å². The third kappa shape index (κ3) is 3.62. The highest BCUT2D eigenvalue weighted by Gasteiger charge is 2.31. The average molecular weight is 435 g/mol. The quantitative estimate of drug-likeness (QED) is 0.455. The van der Waals surface area contributed by atoms with Crippen molar-refractivity contribution in [3.05, 3.63) is 82.4 Å². The lowest BCUT2D eigenvalue weighted by Crippen LogP contribution is -2.37. The summed E-state index contributed by atoms with van der Waals surface area (Å²) in [7, 11) is 3.34. The highest BCUT2D eigenvalue weighted by atomic mass is 35.5. The van der Waals surface area contributed by atoms with E-state index in [2.05, 4.69) is 45.5 Å². The summed E-state index contributed by atoms with van der Waals surface area (Å²) in [5.74, 6) is 1.49. The number of rotatable bonds is 5. The molecule has 1 unspecified atom stereocenters. The fourth-order valence-corrected chi connectivity index (χ4v) is 4.51. The van der Waals surface area contributed by atoms with E-state index >= 15 is 0 Å². The number of aromatic nitrogens is 3. The average Bonchev–Trinajstić information content (AvgIpc) is 3.21. The summed E-state index contributed by atoms with van der Waals surface area (Å²) in [6, 6.07) is 20.3. The first-order valence-electron chi connectivity index (χ1n) is 10.2.